The number of anilines is 1. The monoisotopic (exact) mass is 412 g/mol. The smallest absolute Gasteiger partial charge is 0.191 e. The molecule has 0 radical (unpaired) electrons. The SMILES string of the molecule is CCNC(=NCc1ccc(NCCOC)cc1)NCCCOC(C)c1ccccc1. The second-order valence-corrected chi connectivity index (χ2v) is 7.02. The Morgan fingerprint density at radius 3 is 2.43 bits per heavy atom. The van der Waals surface area contributed by atoms with E-state index in [1.807, 2.05) is 18.2 Å². The van der Waals surface area contributed by atoms with Gasteiger partial charge in [-0.25, -0.2) is 4.99 Å². The Bertz CT molecular complexity index is 720. The van der Waals surface area contributed by atoms with Gasteiger partial charge in [-0.2, -0.15) is 0 Å². The first-order valence-corrected chi connectivity index (χ1v) is 10.7. The van der Waals surface area contributed by atoms with Crippen LogP contribution in [0.4, 0.5) is 5.69 Å². The summed E-state index contributed by atoms with van der Waals surface area (Å²) in [6.07, 6.45) is 1.03. The van der Waals surface area contributed by atoms with Crippen LogP contribution in [0.1, 0.15) is 37.5 Å². The first-order chi connectivity index (χ1) is 14.7. The lowest BCUT2D eigenvalue weighted by Gasteiger charge is -2.14. The Kier molecular flexibility index (Phi) is 11.4. The molecule has 0 aliphatic rings. The molecule has 0 aliphatic heterocycles. The first kappa shape index (κ1) is 23.7. The van der Waals surface area contributed by atoms with Gasteiger partial charge in [-0.3, -0.25) is 0 Å². The standard InChI is InChI=1S/C24H36N4O2/c1-4-25-24(27-15-8-17-30-20(2)22-9-6-5-7-10-22)28-19-21-11-13-23(14-12-21)26-16-18-29-3/h5-7,9-14,20,26H,4,8,15-19H2,1-3H3,(H2,25,27,28). The van der Waals surface area contributed by atoms with Crippen molar-refractivity contribution >= 4 is 11.6 Å². The zero-order valence-electron chi connectivity index (χ0n) is 18.5. The number of hydrogen-bond acceptors (Lipinski definition) is 4. The second kappa shape index (κ2) is 14.4. The van der Waals surface area contributed by atoms with Gasteiger partial charge in [0.15, 0.2) is 5.96 Å². The number of benzene rings is 2. The minimum absolute atomic E-state index is 0.111. The molecule has 0 fully saturated rings. The third-order valence-corrected chi connectivity index (χ3v) is 4.60. The van der Waals surface area contributed by atoms with Crippen molar-refractivity contribution in [3.05, 3.63) is 65.7 Å². The van der Waals surface area contributed by atoms with E-state index in [4.69, 9.17) is 9.47 Å². The molecule has 0 aromatic heterocycles. The molecule has 1 unspecified atom stereocenters. The van der Waals surface area contributed by atoms with Crippen molar-refractivity contribution in [1.29, 1.82) is 0 Å². The van der Waals surface area contributed by atoms with Gasteiger partial charge in [-0.15, -0.1) is 0 Å². The zero-order chi connectivity index (χ0) is 21.4. The van der Waals surface area contributed by atoms with E-state index >= 15 is 0 Å². The summed E-state index contributed by atoms with van der Waals surface area (Å²) in [5.74, 6) is 0.830. The van der Waals surface area contributed by atoms with Gasteiger partial charge in [0, 0.05) is 39.0 Å². The van der Waals surface area contributed by atoms with Gasteiger partial charge in [0.1, 0.15) is 0 Å². The van der Waals surface area contributed by atoms with Crippen molar-refractivity contribution in [3.8, 4) is 0 Å². The van der Waals surface area contributed by atoms with Crippen LogP contribution in [0.25, 0.3) is 0 Å². The molecule has 0 saturated heterocycles. The molecule has 3 N–H and O–H groups in total. The summed E-state index contributed by atoms with van der Waals surface area (Å²) in [6.45, 7) is 8.64. The summed E-state index contributed by atoms with van der Waals surface area (Å²) in [7, 11) is 1.71. The summed E-state index contributed by atoms with van der Waals surface area (Å²) < 4.78 is 11.0. The van der Waals surface area contributed by atoms with Crippen molar-refractivity contribution in [2.24, 2.45) is 4.99 Å². The minimum atomic E-state index is 0.111. The second-order valence-electron chi connectivity index (χ2n) is 7.02. The summed E-state index contributed by atoms with van der Waals surface area (Å²) in [6, 6.07) is 18.7. The van der Waals surface area contributed by atoms with Crippen LogP contribution >= 0.6 is 0 Å². The van der Waals surface area contributed by atoms with Crippen molar-refractivity contribution in [3.63, 3.8) is 0 Å². The van der Waals surface area contributed by atoms with E-state index in [1.165, 1.54) is 11.1 Å². The fraction of sp³-hybridized carbons (Fsp3) is 0.458. The first-order valence-electron chi connectivity index (χ1n) is 10.7. The largest absolute Gasteiger partial charge is 0.383 e. The average molecular weight is 413 g/mol. The van der Waals surface area contributed by atoms with Gasteiger partial charge in [0.05, 0.1) is 19.3 Å². The molecular weight excluding hydrogens is 376 g/mol. The average Bonchev–Trinajstić information content (AvgIpc) is 2.78. The zero-order valence-corrected chi connectivity index (χ0v) is 18.5. The molecule has 6 nitrogen and oxygen atoms in total. The highest BCUT2D eigenvalue weighted by atomic mass is 16.5. The Hall–Kier alpha value is -2.57. The highest BCUT2D eigenvalue weighted by molar-refractivity contribution is 5.79. The molecule has 164 valence electrons. The van der Waals surface area contributed by atoms with E-state index in [2.05, 4.69) is 71.2 Å². The molecule has 0 spiro atoms. The molecule has 0 heterocycles. The molecule has 0 amide bonds. The predicted octanol–water partition coefficient (Wildman–Crippen LogP) is 3.97. The fourth-order valence-corrected chi connectivity index (χ4v) is 2.90. The van der Waals surface area contributed by atoms with Crippen molar-refractivity contribution in [2.45, 2.75) is 32.9 Å². The molecule has 0 bridgehead atoms. The third kappa shape index (κ3) is 9.29. The van der Waals surface area contributed by atoms with Crippen LogP contribution in [0.2, 0.25) is 0 Å². The number of ether oxygens (including phenoxy) is 2. The molecular formula is C24H36N4O2. The molecule has 2 aromatic carbocycles. The number of guanidine groups is 1. The van der Waals surface area contributed by atoms with Crippen LogP contribution in [0, 0.1) is 0 Å². The van der Waals surface area contributed by atoms with E-state index in [9.17, 15) is 0 Å². The normalized spacial score (nSPS) is 12.4. The van der Waals surface area contributed by atoms with Crippen LogP contribution < -0.4 is 16.0 Å². The molecule has 2 aromatic rings. The van der Waals surface area contributed by atoms with Crippen molar-refractivity contribution in [1.82, 2.24) is 10.6 Å². The molecule has 0 aliphatic carbocycles. The molecule has 6 heteroatoms. The minimum Gasteiger partial charge on any atom is -0.383 e. The van der Waals surface area contributed by atoms with E-state index in [-0.39, 0.29) is 6.10 Å². The quantitative estimate of drug-likeness (QED) is 0.264. The fourth-order valence-electron chi connectivity index (χ4n) is 2.90. The lowest BCUT2D eigenvalue weighted by Crippen LogP contribution is -2.38. The Balaban J connectivity index is 1.70. The molecule has 0 saturated carbocycles. The van der Waals surface area contributed by atoms with Gasteiger partial charge in [0.2, 0.25) is 0 Å². The number of nitrogens with zero attached hydrogens (tertiary/aromatic N) is 1. The van der Waals surface area contributed by atoms with Crippen molar-refractivity contribution < 1.29 is 9.47 Å². The summed E-state index contributed by atoms with van der Waals surface area (Å²) in [5.41, 5.74) is 3.47. The van der Waals surface area contributed by atoms with Crippen LogP contribution in [0.15, 0.2) is 59.6 Å². The highest BCUT2D eigenvalue weighted by Crippen LogP contribution is 2.15. The van der Waals surface area contributed by atoms with E-state index < -0.39 is 0 Å². The number of rotatable bonds is 13. The van der Waals surface area contributed by atoms with Gasteiger partial charge >= 0.3 is 0 Å². The Morgan fingerprint density at radius 1 is 0.967 bits per heavy atom. The maximum Gasteiger partial charge on any atom is 0.191 e. The topological polar surface area (TPSA) is 66.9 Å². The Morgan fingerprint density at radius 2 is 1.73 bits per heavy atom. The van der Waals surface area contributed by atoms with E-state index in [0.29, 0.717) is 19.8 Å². The lowest BCUT2D eigenvalue weighted by atomic mass is 10.1. The molecule has 30 heavy (non-hydrogen) atoms. The number of hydrogen-bond donors (Lipinski definition) is 3. The lowest BCUT2D eigenvalue weighted by molar-refractivity contribution is 0.0646. The maximum absolute atomic E-state index is 5.93. The van der Waals surface area contributed by atoms with Gasteiger partial charge in [-0.05, 0) is 43.5 Å². The predicted molar refractivity (Wildman–Crippen MR) is 125 cm³/mol. The molecule has 2 rings (SSSR count). The Labute approximate surface area is 181 Å². The van der Waals surface area contributed by atoms with Crippen LogP contribution in [0.5, 0.6) is 0 Å². The van der Waals surface area contributed by atoms with Gasteiger partial charge in [0.25, 0.3) is 0 Å². The third-order valence-electron chi connectivity index (χ3n) is 4.60. The number of aliphatic imine (C=N–C) groups is 1. The van der Waals surface area contributed by atoms with Crippen molar-refractivity contribution in [2.75, 3.05) is 45.3 Å². The summed E-state index contributed by atoms with van der Waals surface area (Å²) in [4.78, 5) is 4.68. The molecule has 1 atom stereocenters. The number of methoxy groups -OCH3 is 1. The maximum atomic E-state index is 5.93. The van der Waals surface area contributed by atoms with Gasteiger partial charge in [-0.1, -0.05) is 42.5 Å². The van der Waals surface area contributed by atoms with E-state index in [1.54, 1.807) is 7.11 Å². The highest BCUT2D eigenvalue weighted by Gasteiger charge is 2.04. The summed E-state index contributed by atoms with van der Waals surface area (Å²) >= 11 is 0. The van der Waals surface area contributed by atoms with Crippen LogP contribution in [-0.4, -0.2) is 45.9 Å². The summed E-state index contributed by atoms with van der Waals surface area (Å²) in [5, 5.41) is 10.00. The van der Waals surface area contributed by atoms with Gasteiger partial charge < -0.3 is 25.4 Å². The number of nitrogens with one attached hydrogen (secondary N) is 3. The van der Waals surface area contributed by atoms with E-state index in [0.717, 1.165) is 37.7 Å². The van der Waals surface area contributed by atoms with Crippen LogP contribution in [-0.2, 0) is 16.0 Å². The van der Waals surface area contributed by atoms with Crippen LogP contribution in [0.3, 0.4) is 0 Å².